The highest BCUT2D eigenvalue weighted by atomic mass is 16.3. The zero-order valence-electron chi connectivity index (χ0n) is 24.4. The monoisotopic (exact) mass is 563 g/mol. The molecule has 2 aromatic carbocycles. The number of likely N-dealkylation sites (N-methyl/N-ethyl adjacent to an activating group) is 1. The number of benzene rings is 2. The molecule has 222 valence electrons. The number of aliphatic hydroxyl groups excluding tert-OH is 1. The summed E-state index contributed by atoms with van der Waals surface area (Å²) in [5.41, 5.74) is 2.78. The Morgan fingerprint density at radius 2 is 1.80 bits per heavy atom. The Labute approximate surface area is 243 Å². The fourth-order valence-corrected chi connectivity index (χ4v) is 5.75. The maximum Gasteiger partial charge on any atom is 0.317 e. The van der Waals surface area contributed by atoms with Gasteiger partial charge in [-0.3, -0.25) is 9.59 Å². The van der Waals surface area contributed by atoms with E-state index >= 15 is 0 Å². The molecule has 4 amide bonds. The third-order valence-corrected chi connectivity index (χ3v) is 8.19. The molecular formula is C32H45N5O4. The van der Waals surface area contributed by atoms with Gasteiger partial charge >= 0.3 is 6.03 Å². The number of anilines is 2. The lowest BCUT2D eigenvalue weighted by molar-refractivity contribution is -0.119. The topological polar surface area (TPSA) is 114 Å². The van der Waals surface area contributed by atoms with E-state index in [1.807, 2.05) is 43.3 Å². The van der Waals surface area contributed by atoms with Gasteiger partial charge in [-0.05, 0) is 62.8 Å². The van der Waals surface area contributed by atoms with Crippen molar-refractivity contribution in [2.45, 2.75) is 82.9 Å². The van der Waals surface area contributed by atoms with Crippen LogP contribution in [0.1, 0.15) is 74.2 Å². The van der Waals surface area contributed by atoms with Crippen LogP contribution >= 0.6 is 0 Å². The van der Waals surface area contributed by atoms with Gasteiger partial charge in [-0.1, -0.05) is 49.6 Å². The molecule has 2 atom stereocenters. The number of nitrogens with one attached hydrogen (secondary N) is 3. The lowest BCUT2D eigenvalue weighted by atomic mass is 9.96. The van der Waals surface area contributed by atoms with Crippen molar-refractivity contribution in [2.24, 2.45) is 0 Å². The molecule has 1 saturated carbocycles. The largest absolute Gasteiger partial charge is 0.389 e. The SMILES string of the molecule is CCN(CC(O)C(Cc1ccccc1)NC(=O)c1cc(NC)cc(N2CCCCC2=O)c1)C(=O)NC1CCCCC1. The number of carbonyl (C=O) groups excluding carboxylic acids is 3. The third-order valence-electron chi connectivity index (χ3n) is 8.19. The Kier molecular flexibility index (Phi) is 11.0. The number of piperidine rings is 1. The Bertz CT molecular complexity index is 1170. The summed E-state index contributed by atoms with van der Waals surface area (Å²) in [7, 11) is 1.78. The van der Waals surface area contributed by atoms with Crippen LogP contribution in [0.15, 0.2) is 48.5 Å². The summed E-state index contributed by atoms with van der Waals surface area (Å²) < 4.78 is 0. The molecule has 1 aliphatic carbocycles. The highest BCUT2D eigenvalue weighted by molar-refractivity contribution is 5.99. The van der Waals surface area contributed by atoms with Gasteiger partial charge in [-0.25, -0.2) is 4.79 Å². The molecule has 9 nitrogen and oxygen atoms in total. The molecule has 0 radical (unpaired) electrons. The molecule has 2 unspecified atom stereocenters. The van der Waals surface area contributed by atoms with Crippen molar-refractivity contribution in [1.29, 1.82) is 0 Å². The van der Waals surface area contributed by atoms with Gasteiger partial charge in [0.15, 0.2) is 0 Å². The summed E-state index contributed by atoms with van der Waals surface area (Å²) in [6.45, 7) is 3.05. The number of nitrogens with zero attached hydrogens (tertiary/aromatic N) is 2. The van der Waals surface area contributed by atoms with Crippen LogP contribution in [0, 0.1) is 0 Å². The maximum absolute atomic E-state index is 13.6. The molecule has 1 saturated heterocycles. The van der Waals surface area contributed by atoms with E-state index in [9.17, 15) is 19.5 Å². The lowest BCUT2D eigenvalue weighted by Gasteiger charge is -2.32. The van der Waals surface area contributed by atoms with Crippen molar-refractivity contribution in [3.8, 4) is 0 Å². The minimum absolute atomic E-state index is 0.0550. The predicted molar refractivity (Wildman–Crippen MR) is 162 cm³/mol. The first-order valence-electron chi connectivity index (χ1n) is 15.1. The van der Waals surface area contributed by atoms with Crippen molar-refractivity contribution in [3.63, 3.8) is 0 Å². The Balaban J connectivity index is 1.51. The number of amides is 4. The number of hydrogen-bond donors (Lipinski definition) is 4. The standard InChI is InChI=1S/C32H45N5O4/c1-3-36(32(41)34-25-14-8-5-9-15-25)22-29(38)28(18-23-12-6-4-7-13-23)35-31(40)24-19-26(33-2)21-27(20-24)37-17-11-10-16-30(37)39/h4,6-7,12-13,19-21,25,28-29,33,38H,3,5,8-11,14-18,22H2,1-2H3,(H,34,41)(H,35,40). The van der Waals surface area contributed by atoms with Crippen LogP contribution in [0.4, 0.5) is 16.2 Å². The van der Waals surface area contributed by atoms with Crippen molar-refractivity contribution in [3.05, 3.63) is 59.7 Å². The lowest BCUT2D eigenvalue weighted by Crippen LogP contribution is -2.53. The van der Waals surface area contributed by atoms with Crippen molar-refractivity contribution < 1.29 is 19.5 Å². The highest BCUT2D eigenvalue weighted by Crippen LogP contribution is 2.26. The number of aliphatic hydroxyl groups is 1. The molecule has 1 aliphatic heterocycles. The maximum atomic E-state index is 13.6. The van der Waals surface area contributed by atoms with Gasteiger partial charge in [0.2, 0.25) is 5.91 Å². The first kappa shape index (κ1) is 30.4. The summed E-state index contributed by atoms with van der Waals surface area (Å²) in [5.74, 6) is -0.290. The summed E-state index contributed by atoms with van der Waals surface area (Å²) in [6.07, 6.45) is 7.11. The van der Waals surface area contributed by atoms with Crippen molar-refractivity contribution >= 4 is 29.2 Å². The Hall–Kier alpha value is -3.59. The molecule has 1 heterocycles. The van der Waals surface area contributed by atoms with E-state index in [-0.39, 0.29) is 30.4 Å². The van der Waals surface area contributed by atoms with Gasteiger partial charge in [-0.2, -0.15) is 0 Å². The molecule has 4 rings (SSSR count). The van der Waals surface area contributed by atoms with Gasteiger partial charge < -0.3 is 30.9 Å². The van der Waals surface area contributed by atoms with Gasteiger partial charge in [0.25, 0.3) is 5.91 Å². The third kappa shape index (κ3) is 8.45. The molecule has 9 heteroatoms. The second-order valence-corrected chi connectivity index (χ2v) is 11.2. The van der Waals surface area contributed by atoms with Crippen LogP contribution in [-0.2, 0) is 11.2 Å². The van der Waals surface area contributed by atoms with E-state index in [0.29, 0.717) is 37.2 Å². The number of hydrogen-bond acceptors (Lipinski definition) is 5. The van der Waals surface area contributed by atoms with Crippen LogP contribution in [0.2, 0.25) is 0 Å². The van der Waals surface area contributed by atoms with Gasteiger partial charge in [0, 0.05) is 49.5 Å². The van der Waals surface area contributed by atoms with E-state index in [1.54, 1.807) is 29.0 Å². The first-order valence-corrected chi connectivity index (χ1v) is 15.1. The van der Waals surface area contributed by atoms with E-state index in [0.717, 1.165) is 49.8 Å². The molecule has 0 aromatic heterocycles. The van der Waals surface area contributed by atoms with Crippen LogP contribution in [0.3, 0.4) is 0 Å². The van der Waals surface area contributed by atoms with E-state index in [4.69, 9.17) is 0 Å². The quantitative estimate of drug-likeness (QED) is 0.325. The zero-order valence-corrected chi connectivity index (χ0v) is 24.4. The fraction of sp³-hybridized carbons (Fsp3) is 0.531. The molecule has 0 spiro atoms. The molecular weight excluding hydrogens is 518 g/mol. The smallest absolute Gasteiger partial charge is 0.317 e. The summed E-state index contributed by atoms with van der Waals surface area (Å²) in [5, 5.41) is 20.7. The molecule has 2 fully saturated rings. The summed E-state index contributed by atoms with van der Waals surface area (Å²) in [4.78, 5) is 42.7. The molecule has 2 aromatic rings. The minimum atomic E-state index is -0.994. The van der Waals surface area contributed by atoms with E-state index in [1.165, 1.54) is 6.42 Å². The minimum Gasteiger partial charge on any atom is -0.389 e. The summed E-state index contributed by atoms with van der Waals surface area (Å²) in [6, 6.07) is 14.4. The normalized spacial score (nSPS) is 17.4. The van der Waals surface area contributed by atoms with Crippen molar-refractivity contribution in [2.75, 3.05) is 36.9 Å². The number of urea groups is 1. The van der Waals surface area contributed by atoms with Crippen LogP contribution < -0.4 is 20.9 Å². The van der Waals surface area contributed by atoms with E-state index in [2.05, 4.69) is 16.0 Å². The predicted octanol–water partition coefficient (Wildman–Crippen LogP) is 4.31. The average molecular weight is 564 g/mol. The second-order valence-electron chi connectivity index (χ2n) is 11.2. The molecule has 41 heavy (non-hydrogen) atoms. The number of carbonyl (C=O) groups is 3. The van der Waals surface area contributed by atoms with Gasteiger partial charge in [0.05, 0.1) is 18.7 Å². The molecule has 4 N–H and O–H groups in total. The van der Waals surface area contributed by atoms with Crippen LogP contribution in [0.5, 0.6) is 0 Å². The average Bonchev–Trinajstić information content (AvgIpc) is 3.00. The molecule has 0 bridgehead atoms. The fourth-order valence-electron chi connectivity index (χ4n) is 5.75. The highest BCUT2D eigenvalue weighted by Gasteiger charge is 2.28. The first-order chi connectivity index (χ1) is 19.9. The molecule has 2 aliphatic rings. The zero-order chi connectivity index (χ0) is 29.2. The van der Waals surface area contributed by atoms with Crippen molar-refractivity contribution in [1.82, 2.24) is 15.5 Å². The van der Waals surface area contributed by atoms with Gasteiger partial charge in [-0.15, -0.1) is 0 Å². The summed E-state index contributed by atoms with van der Waals surface area (Å²) >= 11 is 0. The van der Waals surface area contributed by atoms with Crippen LogP contribution in [-0.4, -0.2) is 72.7 Å². The van der Waals surface area contributed by atoms with E-state index < -0.39 is 12.1 Å². The van der Waals surface area contributed by atoms with Crippen LogP contribution in [0.25, 0.3) is 0 Å². The Morgan fingerprint density at radius 3 is 2.49 bits per heavy atom. The number of rotatable bonds is 11. The second kappa shape index (κ2) is 14.9. The Morgan fingerprint density at radius 1 is 1.05 bits per heavy atom. The van der Waals surface area contributed by atoms with Gasteiger partial charge in [0.1, 0.15) is 0 Å².